The second-order valence-electron chi connectivity index (χ2n) is 6.64. The maximum absolute atomic E-state index is 4.65. The molecule has 0 saturated heterocycles. The second-order valence-corrected chi connectivity index (χ2v) is 6.64. The molecule has 0 amide bonds. The summed E-state index contributed by atoms with van der Waals surface area (Å²) < 4.78 is 0. The zero-order chi connectivity index (χ0) is 16.2. The fraction of sp³-hybridized carbons (Fsp3) is 0.474. The number of nitrogens with one attached hydrogen (secondary N) is 2. The van der Waals surface area contributed by atoms with Gasteiger partial charge in [-0.2, -0.15) is 4.98 Å². The summed E-state index contributed by atoms with van der Waals surface area (Å²) in [4.78, 5) is 9.18. The summed E-state index contributed by atoms with van der Waals surface area (Å²) in [5.74, 6) is 1.59. The van der Waals surface area contributed by atoms with Crippen LogP contribution in [0.3, 0.4) is 0 Å². The Morgan fingerprint density at radius 2 is 1.74 bits per heavy atom. The molecule has 0 atom stereocenters. The molecule has 4 heteroatoms. The Morgan fingerprint density at radius 3 is 2.48 bits per heavy atom. The van der Waals surface area contributed by atoms with Gasteiger partial charge < -0.3 is 10.6 Å². The van der Waals surface area contributed by atoms with E-state index in [0.717, 1.165) is 17.2 Å². The standard InChI is InChI=1S/C19H26N4/c1-13-9-10-17(14(2)11-13)22-19-20-15(3)12-18(23-19)21-16-7-5-4-6-8-16/h9-12,16H,4-8H2,1-3H3,(H2,20,21,22,23). The monoisotopic (exact) mass is 310 g/mol. The highest BCUT2D eigenvalue weighted by Gasteiger charge is 2.14. The van der Waals surface area contributed by atoms with E-state index >= 15 is 0 Å². The number of aryl methyl sites for hydroxylation is 3. The first-order valence-electron chi connectivity index (χ1n) is 8.56. The predicted molar refractivity (Wildman–Crippen MR) is 96.5 cm³/mol. The van der Waals surface area contributed by atoms with E-state index in [1.807, 2.05) is 13.0 Å². The van der Waals surface area contributed by atoms with E-state index < -0.39 is 0 Å². The second kappa shape index (κ2) is 6.99. The fourth-order valence-electron chi connectivity index (χ4n) is 3.23. The molecule has 1 aliphatic carbocycles. The Bertz CT molecular complexity index is 675. The minimum absolute atomic E-state index is 0.548. The number of rotatable bonds is 4. The van der Waals surface area contributed by atoms with Gasteiger partial charge in [0.2, 0.25) is 5.95 Å². The van der Waals surface area contributed by atoms with Crippen LogP contribution in [0.25, 0.3) is 0 Å². The van der Waals surface area contributed by atoms with Crippen LogP contribution in [0.4, 0.5) is 17.5 Å². The van der Waals surface area contributed by atoms with E-state index in [9.17, 15) is 0 Å². The number of aromatic nitrogens is 2. The van der Waals surface area contributed by atoms with Crippen molar-refractivity contribution >= 4 is 17.5 Å². The first kappa shape index (κ1) is 15.8. The van der Waals surface area contributed by atoms with Gasteiger partial charge >= 0.3 is 0 Å². The molecule has 2 aromatic rings. The van der Waals surface area contributed by atoms with Crippen molar-refractivity contribution < 1.29 is 0 Å². The highest BCUT2D eigenvalue weighted by atomic mass is 15.1. The molecule has 0 radical (unpaired) electrons. The van der Waals surface area contributed by atoms with Crippen molar-refractivity contribution in [1.29, 1.82) is 0 Å². The van der Waals surface area contributed by atoms with E-state index in [1.54, 1.807) is 0 Å². The number of hydrogen-bond acceptors (Lipinski definition) is 4. The lowest BCUT2D eigenvalue weighted by Gasteiger charge is -2.23. The number of nitrogens with zero attached hydrogens (tertiary/aromatic N) is 2. The van der Waals surface area contributed by atoms with Gasteiger partial charge in [0.15, 0.2) is 0 Å². The highest BCUT2D eigenvalue weighted by Crippen LogP contribution is 2.23. The van der Waals surface area contributed by atoms with Gasteiger partial charge in [0.1, 0.15) is 5.82 Å². The maximum atomic E-state index is 4.65. The normalized spacial score (nSPS) is 15.4. The average Bonchev–Trinajstić information content (AvgIpc) is 2.50. The van der Waals surface area contributed by atoms with Crippen molar-refractivity contribution in [3.63, 3.8) is 0 Å². The van der Waals surface area contributed by atoms with E-state index in [2.05, 4.69) is 52.6 Å². The Morgan fingerprint density at radius 1 is 0.957 bits per heavy atom. The van der Waals surface area contributed by atoms with Crippen LogP contribution in [0.5, 0.6) is 0 Å². The van der Waals surface area contributed by atoms with Crippen LogP contribution in [0.2, 0.25) is 0 Å². The molecule has 1 aliphatic rings. The van der Waals surface area contributed by atoms with Crippen LogP contribution >= 0.6 is 0 Å². The van der Waals surface area contributed by atoms with Gasteiger partial charge in [-0.25, -0.2) is 4.98 Å². The molecule has 1 aromatic carbocycles. The summed E-state index contributed by atoms with van der Waals surface area (Å²) in [5.41, 5.74) is 4.50. The molecule has 23 heavy (non-hydrogen) atoms. The van der Waals surface area contributed by atoms with Gasteiger partial charge in [0.25, 0.3) is 0 Å². The topological polar surface area (TPSA) is 49.8 Å². The molecule has 0 aliphatic heterocycles. The smallest absolute Gasteiger partial charge is 0.229 e. The minimum atomic E-state index is 0.548. The summed E-state index contributed by atoms with van der Waals surface area (Å²) in [7, 11) is 0. The van der Waals surface area contributed by atoms with Gasteiger partial charge in [-0.15, -0.1) is 0 Å². The molecule has 2 N–H and O–H groups in total. The third-order valence-corrected chi connectivity index (χ3v) is 4.44. The predicted octanol–water partition coefficient (Wildman–Crippen LogP) is 4.89. The molecule has 1 fully saturated rings. The fourth-order valence-corrected chi connectivity index (χ4v) is 3.23. The number of benzene rings is 1. The summed E-state index contributed by atoms with van der Waals surface area (Å²) in [5, 5.41) is 6.94. The Balaban J connectivity index is 1.76. The van der Waals surface area contributed by atoms with Gasteiger partial charge in [0, 0.05) is 23.5 Å². The quantitative estimate of drug-likeness (QED) is 0.844. The molecular weight excluding hydrogens is 284 g/mol. The van der Waals surface area contributed by atoms with E-state index in [4.69, 9.17) is 0 Å². The van der Waals surface area contributed by atoms with Gasteiger partial charge in [-0.05, 0) is 45.2 Å². The van der Waals surface area contributed by atoms with Crippen molar-refractivity contribution in [3.05, 3.63) is 41.1 Å². The number of anilines is 3. The van der Waals surface area contributed by atoms with Crippen LogP contribution in [-0.2, 0) is 0 Å². The van der Waals surface area contributed by atoms with Crippen molar-refractivity contribution in [3.8, 4) is 0 Å². The van der Waals surface area contributed by atoms with Crippen LogP contribution in [-0.4, -0.2) is 16.0 Å². The van der Waals surface area contributed by atoms with Crippen LogP contribution < -0.4 is 10.6 Å². The lowest BCUT2D eigenvalue weighted by Crippen LogP contribution is -2.23. The first-order chi connectivity index (χ1) is 11.1. The molecule has 1 aromatic heterocycles. The Kier molecular flexibility index (Phi) is 4.79. The van der Waals surface area contributed by atoms with E-state index in [0.29, 0.717) is 12.0 Å². The van der Waals surface area contributed by atoms with Crippen LogP contribution in [0.15, 0.2) is 24.3 Å². The summed E-state index contributed by atoms with van der Waals surface area (Å²) >= 11 is 0. The van der Waals surface area contributed by atoms with Gasteiger partial charge in [-0.3, -0.25) is 0 Å². The third-order valence-electron chi connectivity index (χ3n) is 4.44. The molecular formula is C19H26N4. The first-order valence-corrected chi connectivity index (χ1v) is 8.56. The average molecular weight is 310 g/mol. The van der Waals surface area contributed by atoms with E-state index in [1.165, 1.54) is 43.2 Å². The summed E-state index contributed by atoms with van der Waals surface area (Å²) in [6.07, 6.45) is 6.47. The van der Waals surface area contributed by atoms with Crippen molar-refractivity contribution in [2.75, 3.05) is 10.6 Å². The number of hydrogen-bond donors (Lipinski definition) is 2. The maximum Gasteiger partial charge on any atom is 0.229 e. The molecule has 0 bridgehead atoms. The lowest BCUT2D eigenvalue weighted by atomic mass is 9.95. The largest absolute Gasteiger partial charge is 0.367 e. The Labute approximate surface area is 138 Å². The molecule has 1 saturated carbocycles. The summed E-state index contributed by atoms with van der Waals surface area (Å²) in [6.45, 7) is 6.22. The van der Waals surface area contributed by atoms with Crippen molar-refractivity contribution in [1.82, 2.24) is 9.97 Å². The van der Waals surface area contributed by atoms with Gasteiger partial charge in [0.05, 0.1) is 0 Å². The Hall–Kier alpha value is -2.10. The zero-order valence-corrected chi connectivity index (χ0v) is 14.3. The van der Waals surface area contributed by atoms with Crippen molar-refractivity contribution in [2.24, 2.45) is 0 Å². The molecule has 0 unspecified atom stereocenters. The van der Waals surface area contributed by atoms with Crippen LogP contribution in [0.1, 0.15) is 48.9 Å². The highest BCUT2D eigenvalue weighted by molar-refractivity contribution is 5.60. The zero-order valence-electron chi connectivity index (χ0n) is 14.3. The lowest BCUT2D eigenvalue weighted by molar-refractivity contribution is 0.462. The molecule has 122 valence electrons. The molecule has 0 spiro atoms. The van der Waals surface area contributed by atoms with E-state index in [-0.39, 0.29) is 0 Å². The van der Waals surface area contributed by atoms with Gasteiger partial charge in [-0.1, -0.05) is 37.0 Å². The van der Waals surface area contributed by atoms with Crippen LogP contribution in [0, 0.1) is 20.8 Å². The third kappa shape index (κ3) is 4.21. The van der Waals surface area contributed by atoms with Crippen molar-refractivity contribution in [2.45, 2.75) is 58.9 Å². The molecule has 1 heterocycles. The molecule has 3 rings (SSSR count). The minimum Gasteiger partial charge on any atom is -0.367 e. The summed E-state index contributed by atoms with van der Waals surface area (Å²) in [6, 6.07) is 8.94. The SMILES string of the molecule is Cc1ccc(Nc2nc(C)cc(NC3CCCCC3)n2)c(C)c1. The molecule has 4 nitrogen and oxygen atoms in total.